The van der Waals surface area contributed by atoms with Crippen molar-refractivity contribution in [2.45, 2.75) is 57.8 Å². The monoisotopic (exact) mass is 360 g/mol. The predicted molar refractivity (Wildman–Crippen MR) is 112 cm³/mol. The van der Waals surface area contributed by atoms with Crippen LogP contribution in [0.3, 0.4) is 0 Å². The van der Waals surface area contributed by atoms with Crippen molar-refractivity contribution in [1.82, 2.24) is 0 Å². The fraction of sp³-hybridized carbons (Fsp3) is 0.385. The Morgan fingerprint density at radius 2 is 1.59 bits per heavy atom. The number of allylic oxidation sites excluding steroid dienone is 4. The molecule has 0 nitrogen and oxygen atoms in total. The van der Waals surface area contributed by atoms with Crippen LogP contribution in [0.2, 0.25) is 0 Å². The van der Waals surface area contributed by atoms with E-state index in [1.54, 1.807) is 6.07 Å². The summed E-state index contributed by atoms with van der Waals surface area (Å²) in [5.74, 6) is 1.63. The third-order valence-electron chi connectivity index (χ3n) is 6.42. The van der Waals surface area contributed by atoms with Crippen molar-refractivity contribution in [1.29, 1.82) is 0 Å². The summed E-state index contributed by atoms with van der Waals surface area (Å²) in [5, 5.41) is 0. The van der Waals surface area contributed by atoms with Gasteiger partial charge in [-0.3, -0.25) is 0 Å². The number of hydrogen-bond donors (Lipinski definition) is 0. The normalized spacial score (nSPS) is 25.3. The minimum absolute atomic E-state index is 0.0968. The lowest BCUT2D eigenvalue weighted by molar-refractivity contribution is 0.348. The molecule has 0 saturated heterocycles. The van der Waals surface area contributed by atoms with Gasteiger partial charge in [-0.2, -0.15) is 0 Å². The van der Waals surface area contributed by atoms with Gasteiger partial charge in [0.05, 0.1) is 0 Å². The quantitative estimate of drug-likeness (QED) is 0.524. The smallest absolute Gasteiger partial charge is 0.127 e. The second-order valence-corrected chi connectivity index (χ2v) is 8.46. The first kappa shape index (κ1) is 18.2. The zero-order valence-electron chi connectivity index (χ0n) is 16.4. The van der Waals surface area contributed by atoms with E-state index < -0.39 is 0 Å². The highest BCUT2D eigenvalue weighted by Crippen LogP contribution is 2.36. The van der Waals surface area contributed by atoms with Gasteiger partial charge in [-0.05, 0) is 66.3 Å². The van der Waals surface area contributed by atoms with Crippen molar-refractivity contribution in [3.63, 3.8) is 0 Å². The standard InChI is InChI=1S/C26H29F/c1-18-3-7-20(8-4-18)21-11-13-22(14-12-21)24-15-16-25(26(27)17-24)23-9-5-19(2)6-10-23/h5-6,9,11-18,20,23H,3-4,7-8,10H2,1-2H3. The van der Waals surface area contributed by atoms with Gasteiger partial charge in [-0.25, -0.2) is 4.39 Å². The van der Waals surface area contributed by atoms with Gasteiger partial charge >= 0.3 is 0 Å². The first-order valence-corrected chi connectivity index (χ1v) is 10.3. The van der Waals surface area contributed by atoms with E-state index in [2.05, 4.69) is 62.4 Å². The minimum Gasteiger partial charge on any atom is -0.207 e. The molecule has 140 valence electrons. The molecule has 0 heterocycles. The van der Waals surface area contributed by atoms with Crippen molar-refractivity contribution >= 4 is 0 Å². The highest BCUT2D eigenvalue weighted by Gasteiger charge is 2.20. The first-order valence-electron chi connectivity index (χ1n) is 10.3. The number of hydrogen-bond acceptors (Lipinski definition) is 0. The van der Waals surface area contributed by atoms with Crippen LogP contribution in [0.25, 0.3) is 11.1 Å². The van der Waals surface area contributed by atoms with Crippen LogP contribution in [0.5, 0.6) is 0 Å². The Bertz CT molecular complexity index is 848. The molecule has 0 spiro atoms. The maximum Gasteiger partial charge on any atom is 0.127 e. The van der Waals surface area contributed by atoms with Crippen LogP contribution in [0.15, 0.2) is 66.3 Å². The molecule has 0 amide bonds. The molecule has 1 atom stereocenters. The summed E-state index contributed by atoms with van der Waals surface area (Å²) in [6.45, 7) is 4.45. The number of benzene rings is 2. The molecular weight excluding hydrogens is 331 g/mol. The molecule has 0 radical (unpaired) electrons. The molecule has 2 aromatic carbocycles. The second-order valence-electron chi connectivity index (χ2n) is 8.46. The molecule has 1 saturated carbocycles. The van der Waals surface area contributed by atoms with Crippen molar-refractivity contribution in [3.05, 3.63) is 83.2 Å². The molecule has 0 aromatic heterocycles. The molecule has 1 heteroatoms. The summed E-state index contributed by atoms with van der Waals surface area (Å²) in [4.78, 5) is 0. The lowest BCUT2D eigenvalue weighted by atomic mass is 9.79. The van der Waals surface area contributed by atoms with Crippen LogP contribution in [0, 0.1) is 11.7 Å². The fourth-order valence-corrected chi connectivity index (χ4v) is 4.51. The summed E-state index contributed by atoms with van der Waals surface area (Å²) >= 11 is 0. The summed E-state index contributed by atoms with van der Waals surface area (Å²) in [6, 6.07) is 14.5. The highest BCUT2D eigenvalue weighted by atomic mass is 19.1. The van der Waals surface area contributed by atoms with Crippen LogP contribution in [0.1, 0.15) is 68.9 Å². The van der Waals surface area contributed by atoms with Gasteiger partial charge in [0.1, 0.15) is 5.82 Å². The second kappa shape index (κ2) is 7.84. The SMILES string of the molecule is CC1=CCC(c2ccc(-c3ccc(C4CCC(C)CC4)cc3)cc2F)C=C1. The van der Waals surface area contributed by atoms with Crippen molar-refractivity contribution < 1.29 is 4.39 Å². The maximum absolute atomic E-state index is 14.8. The van der Waals surface area contributed by atoms with Crippen molar-refractivity contribution in [2.75, 3.05) is 0 Å². The summed E-state index contributed by atoms with van der Waals surface area (Å²) < 4.78 is 14.8. The predicted octanol–water partition coefficient (Wildman–Crippen LogP) is 7.78. The lowest BCUT2D eigenvalue weighted by Gasteiger charge is -2.26. The zero-order valence-corrected chi connectivity index (χ0v) is 16.4. The van der Waals surface area contributed by atoms with Crippen molar-refractivity contribution in [3.8, 4) is 11.1 Å². The van der Waals surface area contributed by atoms with Gasteiger partial charge in [0.25, 0.3) is 0 Å². The highest BCUT2D eigenvalue weighted by molar-refractivity contribution is 5.64. The Balaban J connectivity index is 1.50. The Kier molecular flexibility index (Phi) is 5.29. The average Bonchev–Trinajstić information content (AvgIpc) is 2.69. The Morgan fingerprint density at radius 3 is 2.22 bits per heavy atom. The third kappa shape index (κ3) is 4.08. The molecule has 2 aliphatic rings. The van der Waals surface area contributed by atoms with Crippen LogP contribution in [-0.2, 0) is 0 Å². The molecule has 0 N–H and O–H groups in total. The number of halogens is 1. The fourth-order valence-electron chi connectivity index (χ4n) is 4.51. The van der Waals surface area contributed by atoms with Crippen LogP contribution in [0.4, 0.5) is 4.39 Å². The molecule has 4 rings (SSSR count). The molecule has 27 heavy (non-hydrogen) atoms. The van der Waals surface area contributed by atoms with Crippen LogP contribution >= 0.6 is 0 Å². The minimum atomic E-state index is -0.0968. The summed E-state index contributed by atoms with van der Waals surface area (Å²) in [6.07, 6.45) is 12.5. The molecule has 0 aliphatic heterocycles. The maximum atomic E-state index is 14.8. The van der Waals surface area contributed by atoms with Gasteiger partial charge < -0.3 is 0 Å². The van der Waals surface area contributed by atoms with Gasteiger partial charge in [-0.1, -0.05) is 80.0 Å². The van der Waals surface area contributed by atoms with E-state index in [-0.39, 0.29) is 11.7 Å². The van der Waals surface area contributed by atoms with E-state index in [4.69, 9.17) is 0 Å². The van der Waals surface area contributed by atoms with Gasteiger partial charge in [-0.15, -0.1) is 0 Å². The molecule has 2 aromatic rings. The van der Waals surface area contributed by atoms with Gasteiger partial charge in [0.2, 0.25) is 0 Å². The molecular formula is C26H29F. The summed E-state index contributed by atoms with van der Waals surface area (Å²) in [7, 11) is 0. The molecule has 1 unspecified atom stereocenters. The van der Waals surface area contributed by atoms with E-state index >= 15 is 0 Å². The topological polar surface area (TPSA) is 0 Å². The van der Waals surface area contributed by atoms with E-state index in [1.165, 1.54) is 36.8 Å². The molecule has 2 aliphatic carbocycles. The Labute approximate surface area is 162 Å². The Morgan fingerprint density at radius 1 is 0.889 bits per heavy atom. The largest absolute Gasteiger partial charge is 0.207 e. The molecule has 1 fully saturated rings. The van der Waals surface area contributed by atoms with E-state index in [9.17, 15) is 4.39 Å². The molecule has 0 bridgehead atoms. The van der Waals surface area contributed by atoms with E-state index in [0.717, 1.165) is 29.0 Å². The van der Waals surface area contributed by atoms with Gasteiger partial charge in [0, 0.05) is 5.92 Å². The van der Waals surface area contributed by atoms with Crippen LogP contribution < -0.4 is 0 Å². The third-order valence-corrected chi connectivity index (χ3v) is 6.42. The van der Waals surface area contributed by atoms with Crippen LogP contribution in [-0.4, -0.2) is 0 Å². The van der Waals surface area contributed by atoms with E-state index in [0.29, 0.717) is 5.92 Å². The average molecular weight is 361 g/mol. The van der Waals surface area contributed by atoms with Gasteiger partial charge in [0.15, 0.2) is 0 Å². The first-order chi connectivity index (χ1) is 13.1. The lowest BCUT2D eigenvalue weighted by Crippen LogP contribution is -2.10. The zero-order chi connectivity index (χ0) is 18.8. The van der Waals surface area contributed by atoms with Crippen molar-refractivity contribution in [2.24, 2.45) is 5.92 Å². The van der Waals surface area contributed by atoms with E-state index in [1.807, 2.05) is 6.07 Å². The summed E-state index contributed by atoms with van der Waals surface area (Å²) in [5.41, 5.74) is 5.56. The Hall–Kier alpha value is -2.15. The number of rotatable bonds is 3.